The third kappa shape index (κ3) is 9.02. The molecule has 0 saturated carbocycles. The van der Waals surface area contributed by atoms with Crippen molar-refractivity contribution < 1.29 is 60.8 Å². The van der Waals surface area contributed by atoms with Gasteiger partial charge in [0.15, 0.2) is 34.3 Å². The van der Waals surface area contributed by atoms with Crippen molar-refractivity contribution in [1.82, 2.24) is 10.0 Å². The molecule has 2 aromatic heterocycles. The van der Waals surface area contributed by atoms with Crippen LogP contribution in [0, 0.1) is 5.92 Å². The maximum Gasteiger partial charge on any atom is 0.418 e. The Labute approximate surface area is 289 Å². The van der Waals surface area contributed by atoms with Crippen LogP contribution in [0.5, 0.6) is 5.75 Å². The zero-order valence-corrected chi connectivity index (χ0v) is 28.6. The largest absolute Gasteiger partial charge is 0.489 e. The number of nitrogen functional groups attached to an aromatic ring is 1. The van der Waals surface area contributed by atoms with E-state index in [1.165, 1.54) is 19.2 Å². The number of hydrogen-bond acceptors (Lipinski definition) is 15. The molecule has 0 aliphatic carbocycles. The lowest BCUT2D eigenvalue weighted by atomic mass is 9.74. The van der Waals surface area contributed by atoms with Crippen LogP contribution < -0.4 is 20.8 Å². The monoisotopic (exact) mass is 735 g/mol. The van der Waals surface area contributed by atoms with Crippen LogP contribution in [0.1, 0.15) is 31.7 Å². The van der Waals surface area contributed by atoms with E-state index in [2.05, 4.69) is 14.4 Å². The van der Waals surface area contributed by atoms with E-state index < -0.39 is 77.0 Å². The van der Waals surface area contributed by atoms with Crippen LogP contribution in [0.3, 0.4) is 0 Å². The molecule has 20 heteroatoms. The molecule has 0 bridgehead atoms. The summed E-state index contributed by atoms with van der Waals surface area (Å²) >= 11 is 0.968. The van der Waals surface area contributed by atoms with E-state index in [-0.39, 0.29) is 23.0 Å². The van der Waals surface area contributed by atoms with E-state index in [1.807, 2.05) is 12.3 Å². The maximum absolute atomic E-state index is 13.3. The minimum atomic E-state index is -5.01. The molecule has 18 nitrogen and oxygen atoms in total. The van der Waals surface area contributed by atoms with Crippen LogP contribution in [0.2, 0.25) is 0 Å². The highest BCUT2D eigenvalue weighted by Crippen LogP contribution is 2.40. The molecule has 4 rings (SSSR count). The van der Waals surface area contributed by atoms with Gasteiger partial charge >= 0.3 is 16.4 Å². The number of carboxylic acid groups (broad SMARTS) is 1. The number of carbonyl (C=O) groups is 4. The number of aryl methyl sites for hydroxylation is 1. The summed E-state index contributed by atoms with van der Waals surface area (Å²) in [5.74, 6) is -4.25. The number of nitrogens with two attached hydrogens (primary N) is 2. The average molecular weight is 736 g/mol. The number of hydrogen-bond donors (Lipinski definition) is 5. The van der Waals surface area contributed by atoms with E-state index in [0.717, 1.165) is 22.5 Å². The van der Waals surface area contributed by atoms with Gasteiger partial charge in [0.05, 0.1) is 30.5 Å². The first kappa shape index (κ1) is 38.0. The van der Waals surface area contributed by atoms with Gasteiger partial charge in [0, 0.05) is 23.4 Å². The highest BCUT2D eigenvalue weighted by Gasteiger charge is 2.57. The quantitative estimate of drug-likeness (QED) is 0.0396. The molecule has 50 heavy (non-hydrogen) atoms. The first-order valence-electron chi connectivity index (χ1n) is 14.7. The zero-order valence-electron chi connectivity index (χ0n) is 27.0. The normalized spacial score (nSPS) is 17.1. The fourth-order valence-corrected chi connectivity index (χ4v) is 5.87. The fourth-order valence-electron chi connectivity index (χ4n) is 4.87. The van der Waals surface area contributed by atoms with Gasteiger partial charge in [-0.05, 0) is 37.6 Å². The van der Waals surface area contributed by atoms with Gasteiger partial charge in [-0.2, -0.15) is 13.5 Å². The summed E-state index contributed by atoms with van der Waals surface area (Å²) in [5, 5.41) is 24.5. The molecule has 1 aliphatic rings. The number of aliphatic hydroxyl groups excluding tert-OH is 1. The van der Waals surface area contributed by atoms with Crippen molar-refractivity contribution in [1.29, 1.82) is 0 Å². The number of carboxylic acids is 1. The number of rotatable bonds is 17. The third-order valence-electron chi connectivity index (χ3n) is 7.80. The topological polar surface area (TPSA) is 275 Å². The Bertz CT molecular complexity index is 1910. The second kappa shape index (κ2) is 15.4. The SMILES string of the molecule is C[n+]1cc(-c2ccc(OC[C@H](O/N=C(\C(=O)C[C@@H]3C(=O)N(OS(=O)(=O)O)C3(C)C)c3csc(N)n3)C(=O)O)cc2)ccc1CC(=O)[C@@H](N)CO. The predicted octanol–water partition coefficient (Wildman–Crippen LogP) is -0.168. The highest BCUT2D eigenvalue weighted by molar-refractivity contribution is 7.80. The number of carbonyl (C=O) groups excluding carboxylic acids is 3. The van der Waals surface area contributed by atoms with Crippen LogP contribution in [0.25, 0.3) is 11.1 Å². The summed E-state index contributed by atoms with van der Waals surface area (Å²) in [5.41, 5.74) is 11.8. The number of aromatic nitrogens is 2. The summed E-state index contributed by atoms with van der Waals surface area (Å²) in [6, 6.07) is 9.32. The number of benzene rings is 1. The minimum Gasteiger partial charge on any atom is -0.489 e. The number of pyridine rings is 1. The molecular weight excluding hydrogens is 700 g/mol. The van der Waals surface area contributed by atoms with Crippen molar-refractivity contribution in [2.24, 2.45) is 23.9 Å². The summed E-state index contributed by atoms with van der Waals surface area (Å²) in [7, 11) is -3.23. The Morgan fingerprint density at radius 3 is 2.36 bits per heavy atom. The van der Waals surface area contributed by atoms with Gasteiger partial charge in [0.25, 0.3) is 12.0 Å². The molecule has 1 fully saturated rings. The average Bonchev–Trinajstić information content (AvgIpc) is 3.49. The number of β-lactam (4-membered cyclic amide) rings is 1. The number of aliphatic carboxylic acids is 1. The molecule has 268 valence electrons. The number of oxime groups is 1. The molecule has 1 aromatic carbocycles. The van der Waals surface area contributed by atoms with E-state index in [4.69, 9.17) is 30.7 Å². The fraction of sp³-hybridized carbons (Fsp3) is 0.367. The number of nitrogens with zero attached hydrogens (tertiary/aromatic N) is 4. The first-order valence-corrected chi connectivity index (χ1v) is 17.0. The molecule has 1 saturated heterocycles. The Hall–Kier alpha value is -4.86. The van der Waals surface area contributed by atoms with Gasteiger partial charge in [-0.1, -0.05) is 17.3 Å². The lowest BCUT2D eigenvalue weighted by molar-refractivity contribution is -0.678. The maximum atomic E-state index is 13.3. The van der Waals surface area contributed by atoms with Crippen LogP contribution in [0.4, 0.5) is 5.13 Å². The number of ether oxygens (including phenoxy) is 1. The number of anilines is 1. The van der Waals surface area contributed by atoms with E-state index in [0.29, 0.717) is 16.5 Å². The Morgan fingerprint density at radius 2 is 1.82 bits per heavy atom. The Morgan fingerprint density at radius 1 is 1.16 bits per heavy atom. The molecule has 3 atom stereocenters. The lowest BCUT2D eigenvalue weighted by Crippen LogP contribution is -2.68. The van der Waals surface area contributed by atoms with Gasteiger partial charge < -0.3 is 31.3 Å². The molecule has 0 spiro atoms. The van der Waals surface area contributed by atoms with Crippen LogP contribution in [-0.2, 0) is 52.2 Å². The number of amides is 1. The van der Waals surface area contributed by atoms with Gasteiger partial charge in [-0.3, -0.25) is 18.9 Å². The zero-order chi connectivity index (χ0) is 37.0. The number of Topliss-reactive ketones (excluding diaryl/α,β-unsaturated/α-hetero) is 2. The van der Waals surface area contributed by atoms with Crippen molar-refractivity contribution in [2.75, 3.05) is 18.9 Å². The minimum absolute atomic E-state index is 0.0458. The van der Waals surface area contributed by atoms with E-state index in [9.17, 15) is 32.7 Å². The lowest BCUT2D eigenvalue weighted by Gasteiger charge is -2.50. The third-order valence-corrected chi connectivity index (χ3v) is 8.82. The molecule has 3 aromatic rings. The van der Waals surface area contributed by atoms with E-state index in [1.54, 1.807) is 41.9 Å². The number of aliphatic hydroxyl groups is 1. The second-order valence-electron chi connectivity index (χ2n) is 11.7. The highest BCUT2D eigenvalue weighted by atomic mass is 32.3. The first-order chi connectivity index (χ1) is 23.4. The molecule has 3 heterocycles. The van der Waals surface area contributed by atoms with Gasteiger partial charge in [0.1, 0.15) is 25.1 Å². The van der Waals surface area contributed by atoms with Gasteiger partial charge in [-0.25, -0.2) is 14.3 Å². The van der Waals surface area contributed by atoms with Crippen molar-refractivity contribution in [3.8, 4) is 16.9 Å². The van der Waals surface area contributed by atoms with E-state index >= 15 is 0 Å². The number of thiazole rings is 1. The van der Waals surface area contributed by atoms with Crippen molar-refractivity contribution >= 4 is 56.0 Å². The second-order valence-corrected chi connectivity index (χ2v) is 13.6. The van der Waals surface area contributed by atoms with Crippen LogP contribution in [0.15, 0.2) is 53.1 Å². The summed E-state index contributed by atoms with van der Waals surface area (Å²) in [4.78, 5) is 59.3. The molecule has 7 N–H and O–H groups in total. The predicted molar refractivity (Wildman–Crippen MR) is 175 cm³/mol. The molecular formula is C30H35N6O12S2+. The van der Waals surface area contributed by atoms with Crippen molar-refractivity contribution in [3.63, 3.8) is 0 Å². The van der Waals surface area contributed by atoms with Gasteiger partial charge in [0.2, 0.25) is 0 Å². The summed E-state index contributed by atoms with van der Waals surface area (Å²) in [6.07, 6.45) is -0.340. The number of hydroxylamine groups is 2. The molecule has 1 aliphatic heterocycles. The summed E-state index contributed by atoms with van der Waals surface area (Å²) < 4.78 is 42.9. The smallest absolute Gasteiger partial charge is 0.418 e. The van der Waals surface area contributed by atoms with Crippen molar-refractivity contribution in [2.45, 2.75) is 44.4 Å². The Balaban J connectivity index is 1.43. The number of ketones is 2. The van der Waals surface area contributed by atoms with Crippen molar-refractivity contribution in [3.05, 3.63) is 59.4 Å². The van der Waals surface area contributed by atoms with Gasteiger partial charge in [-0.15, -0.1) is 15.6 Å². The molecule has 0 unspecified atom stereocenters. The molecule has 1 amide bonds. The standard InChI is InChI=1S/C30H34N6O12S2/c1-30(2)20(27(40)36(30)48-50(43,44)45)11-24(39)26(22-15-49-29(32)33-22)34-47-25(28(41)42)14-46-19-8-5-16(6-9-19)17-4-7-18(35(3)12-17)10-23(38)21(31)13-37/h4-9,12,15,20-21,25,37H,10-11,13-14,31H2,1-3H3,(H3-,32,33,41,42,43,44,45)/p+1/b34-26-/t20-,21+,25+/m1/s1. The molecule has 0 radical (unpaired) electrons. The summed E-state index contributed by atoms with van der Waals surface area (Å²) in [6.45, 7) is 1.86. The Kier molecular flexibility index (Phi) is 11.7. The van der Waals surface area contributed by atoms with Crippen LogP contribution in [-0.4, -0.2) is 93.3 Å². The van der Waals surface area contributed by atoms with Crippen LogP contribution >= 0.6 is 11.3 Å².